The van der Waals surface area contributed by atoms with E-state index in [0.717, 1.165) is 12.8 Å². The molecule has 1 atom stereocenters. The molecule has 0 aliphatic carbocycles. The Morgan fingerprint density at radius 3 is 2.94 bits per heavy atom. The van der Waals surface area contributed by atoms with Crippen molar-refractivity contribution < 1.29 is 4.79 Å². The van der Waals surface area contributed by atoms with Crippen LogP contribution in [-0.4, -0.2) is 22.1 Å². The van der Waals surface area contributed by atoms with Crippen LogP contribution in [-0.2, 0) is 0 Å². The van der Waals surface area contributed by atoms with E-state index in [9.17, 15) is 9.59 Å². The number of amides is 1. The molecule has 17 heavy (non-hydrogen) atoms. The summed E-state index contributed by atoms with van der Waals surface area (Å²) in [7, 11) is 0. The van der Waals surface area contributed by atoms with Gasteiger partial charge in [-0.15, -0.1) is 0 Å². The number of carbonyl (C=O) groups is 1. The summed E-state index contributed by atoms with van der Waals surface area (Å²) in [6, 6.07) is 1.37. The van der Waals surface area contributed by atoms with Crippen molar-refractivity contribution in [1.82, 2.24) is 15.5 Å². The average Bonchev–Trinajstić information content (AvgIpc) is 2.29. The van der Waals surface area contributed by atoms with Gasteiger partial charge in [0.2, 0.25) is 0 Å². The van der Waals surface area contributed by atoms with Crippen molar-refractivity contribution in [3.8, 4) is 0 Å². The maximum Gasteiger partial charge on any atom is 0.264 e. The molecular weight excluding hydrogens is 218 g/mol. The van der Waals surface area contributed by atoms with Crippen molar-refractivity contribution in [1.29, 1.82) is 0 Å². The van der Waals surface area contributed by atoms with Crippen LogP contribution in [0.5, 0.6) is 0 Å². The molecule has 1 rings (SSSR count). The van der Waals surface area contributed by atoms with E-state index in [1.807, 2.05) is 6.92 Å². The lowest BCUT2D eigenvalue weighted by molar-refractivity contribution is 0.0937. The Labute approximate surface area is 101 Å². The van der Waals surface area contributed by atoms with E-state index >= 15 is 0 Å². The number of nitrogens with zero attached hydrogens (tertiary/aromatic N) is 1. The van der Waals surface area contributed by atoms with Gasteiger partial charge in [-0.3, -0.25) is 9.59 Å². The number of unbranched alkanes of at least 4 members (excludes halogenated alkanes) is 2. The Kier molecular flexibility index (Phi) is 5.39. The molecule has 1 aromatic rings. The molecule has 0 fully saturated rings. The maximum atomic E-state index is 11.7. The first kappa shape index (κ1) is 13.4. The Morgan fingerprint density at radius 2 is 2.29 bits per heavy atom. The summed E-state index contributed by atoms with van der Waals surface area (Å²) in [5, 5.41) is 8.68. The molecule has 5 heteroatoms. The molecule has 0 aliphatic rings. The lowest BCUT2D eigenvalue weighted by atomic mass is 10.1. The molecule has 5 nitrogen and oxygen atoms in total. The highest BCUT2D eigenvalue weighted by atomic mass is 16.2. The average molecular weight is 237 g/mol. The van der Waals surface area contributed by atoms with Crippen LogP contribution in [0.25, 0.3) is 0 Å². The minimum absolute atomic E-state index is 0.119. The molecule has 2 N–H and O–H groups in total. The molecular formula is C12H19N3O2. The fraction of sp³-hybridized carbons (Fsp3) is 0.583. The second-order valence-corrected chi connectivity index (χ2v) is 4.20. The van der Waals surface area contributed by atoms with Gasteiger partial charge in [0.1, 0.15) is 0 Å². The van der Waals surface area contributed by atoms with Gasteiger partial charge in [-0.2, -0.15) is 5.10 Å². The number of nitrogens with one attached hydrogen (secondary N) is 2. The van der Waals surface area contributed by atoms with Crippen molar-refractivity contribution >= 4 is 5.91 Å². The van der Waals surface area contributed by atoms with E-state index in [1.165, 1.54) is 25.1 Å². The van der Waals surface area contributed by atoms with Crippen LogP contribution in [0.15, 0.2) is 17.1 Å². The monoisotopic (exact) mass is 237 g/mol. The lowest BCUT2D eigenvalue weighted by Gasteiger charge is -2.13. The van der Waals surface area contributed by atoms with E-state index in [4.69, 9.17) is 0 Å². The number of aromatic nitrogens is 2. The van der Waals surface area contributed by atoms with Crippen molar-refractivity contribution in [3.05, 3.63) is 28.2 Å². The van der Waals surface area contributed by atoms with Crippen LogP contribution in [0.4, 0.5) is 0 Å². The molecule has 0 aliphatic heterocycles. The Hall–Kier alpha value is -1.65. The zero-order chi connectivity index (χ0) is 12.7. The largest absolute Gasteiger partial charge is 0.350 e. The topological polar surface area (TPSA) is 74.8 Å². The van der Waals surface area contributed by atoms with E-state index in [-0.39, 0.29) is 17.5 Å². The maximum absolute atomic E-state index is 11.7. The predicted molar refractivity (Wildman–Crippen MR) is 65.9 cm³/mol. The molecule has 0 bridgehead atoms. The molecule has 94 valence electrons. The number of aromatic amines is 1. The normalized spacial score (nSPS) is 12.1. The van der Waals surface area contributed by atoms with E-state index in [2.05, 4.69) is 22.4 Å². The van der Waals surface area contributed by atoms with Gasteiger partial charge in [0, 0.05) is 12.1 Å². The van der Waals surface area contributed by atoms with E-state index in [0.29, 0.717) is 5.56 Å². The van der Waals surface area contributed by atoms with E-state index in [1.54, 1.807) is 0 Å². The molecule has 0 radical (unpaired) electrons. The molecule has 0 saturated carbocycles. The summed E-state index contributed by atoms with van der Waals surface area (Å²) >= 11 is 0. The number of H-pyrrole nitrogens is 1. The van der Waals surface area contributed by atoms with Gasteiger partial charge in [0.15, 0.2) is 0 Å². The van der Waals surface area contributed by atoms with Crippen LogP contribution >= 0.6 is 0 Å². The molecule has 0 aromatic carbocycles. The summed E-state index contributed by atoms with van der Waals surface area (Å²) in [5.74, 6) is -0.243. The van der Waals surface area contributed by atoms with Gasteiger partial charge in [-0.1, -0.05) is 26.2 Å². The third kappa shape index (κ3) is 4.80. The summed E-state index contributed by atoms with van der Waals surface area (Å²) in [5.41, 5.74) is -0.0626. The third-order valence-electron chi connectivity index (χ3n) is 2.55. The highest BCUT2D eigenvalue weighted by molar-refractivity contribution is 5.93. The number of carbonyl (C=O) groups excluding carboxylic acids is 1. The van der Waals surface area contributed by atoms with E-state index < -0.39 is 0 Å². The summed E-state index contributed by atoms with van der Waals surface area (Å²) in [4.78, 5) is 22.7. The molecule has 1 heterocycles. The minimum Gasteiger partial charge on any atom is -0.350 e. The Morgan fingerprint density at radius 1 is 1.53 bits per heavy atom. The van der Waals surface area contributed by atoms with Crippen LogP contribution in [0.2, 0.25) is 0 Å². The van der Waals surface area contributed by atoms with Gasteiger partial charge in [0.05, 0.1) is 11.8 Å². The predicted octanol–water partition coefficient (Wildman–Crippen LogP) is 1.47. The number of hydrogen-bond donors (Lipinski definition) is 2. The van der Waals surface area contributed by atoms with Gasteiger partial charge in [0.25, 0.3) is 11.5 Å². The molecule has 1 aromatic heterocycles. The second-order valence-electron chi connectivity index (χ2n) is 4.20. The van der Waals surface area contributed by atoms with Crippen LogP contribution in [0, 0.1) is 0 Å². The number of hydrogen-bond acceptors (Lipinski definition) is 3. The molecule has 0 unspecified atom stereocenters. The smallest absolute Gasteiger partial charge is 0.264 e. The van der Waals surface area contributed by atoms with Crippen LogP contribution in [0.1, 0.15) is 49.9 Å². The van der Waals surface area contributed by atoms with Gasteiger partial charge in [-0.25, -0.2) is 5.10 Å². The quantitative estimate of drug-likeness (QED) is 0.736. The van der Waals surface area contributed by atoms with Gasteiger partial charge >= 0.3 is 0 Å². The summed E-state index contributed by atoms with van der Waals surface area (Å²) in [6.07, 6.45) is 5.75. The first-order valence-corrected chi connectivity index (χ1v) is 5.99. The highest BCUT2D eigenvalue weighted by Gasteiger charge is 2.10. The fourth-order valence-corrected chi connectivity index (χ4v) is 1.58. The third-order valence-corrected chi connectivity index (χ3v) is 2.55. The first-order valence-electron chi connectivity index (χ1n) is 5.99. The Bertz CT molecular complexity index is 414. The molecule has 1 amide bonds. The van der Waals surface area contributed by atoms with Crippen molar-refractivity contribution in [2.75, 3.05) is 0 Å². The summed E-state index contributed by atoms with van der Waals surface area (Å²) in [6.45, 7) is 4.11. The van der Waals surface area contributed by atoms with Crippen molar-refractivity contribution in [2.24, 2.45) is 0 Å². The van der Waals surface area contributed by atoms with Crippen LogP contribution in [0.3, 0.4) is 0 Å². The fourth-order valence-electron chi connectivity index (χ4n) is 1.58. The molecule has 0 spiro atoms. The molecule has 0 saturated heterocycles. The second kappa shape index (κ2) is 6.83. The summed E-state index contributed by atoms with van der Waals surface area (Å²) < 4.78 is 0. The Balaban J connectivity index is 2.46. The minimum atomic E-state index is -0.365. The SMILES string of the molecule is CCCCC[C@@H](C)NC(=O)c1cn[nH]c(=O)c1. The zero-order valence-electron chi connectivity index (χ0n) is 10.3. The zero-order valence-corrected chi connectivity index (χ0v) is 10.3. The standard InChI is InChI=1S/C12H19N3O2/c1-3-4-5-6-9(2)14-12(17)10-7-11(16)15-13-8-10/h7-9H,3-6H2,1-2H3,(H,14,17)(H,15,16)/t9-/m1/s1. The highest BCUT2D eigenvalue weighted by Crippen LogP contribution is 2.03. The van der Waals surface area contributed by atoms with Crippen molar-refractivity contribution in [3.63, 3.8) is 0 Å². The van der Waals surface area contributed by atoms with Crippen molar-refractivity contribution in [2.45, 2.75) is 45.6 Å². The lowest BCUT2D eigenvalue weighted by Crippen LogP contribution is -2.33. The van der Waals surface area contributed by atoms with Crippen LogP contribution < -0.4 is 10.9 Å². The first-order chi connectivity index (χ1) is 8.13. The van der Waals surface area contributed by atoms with Gasteiger partial charge < -0.3 is 5.32 Å². The number of rotatable bonds is 6. The van der Waals surface area contributed by atoms with Gasteiger partial charge in [-0.05, 0) is 13.3 Å².